The Morgan fingerprint density at radius 2 is 1.67 bits per heavy atom. The molecule has 24 heavy (non-hydrogen) atoms. The Morgan fingerprint density at radius 1 is 0.917 bits per heavy atom. The van der Waals surface area contributed by atoms with Crippen molar-refractivity contribution in [3.8, 4) is 16.3 Å². The Balaban J connectivity index is 1.76. The maximum absolute atomic E-state index is 4.70. The van der Waals surface area contributed by atoms with E-state index in [0.29, 0.717) is 11.0 Å². The molecule has 0 N–H and O–H groups in total. The first-order valence-corrected chi connectivity index (χ1v) is 8.22. The fraction of sp³-hybridized carbons (Fsp3) is 0. The van der Waals surface area contributed by atoms with Gasteiger partial charge < -0.3 is 4.57 Å². The van der Waals surface area contributed by atoms with Crippen molar-refractivity contribution in [2.45, 2.75) is 0 Å². The lowest BCUT2D eigenvalue weighted by molar-refractivity contribution is 1.10. The van der Waals surface area contributed by atoms with Crippen LogP contribution in [0.15, 0.2) is 78.3 Å². The minimum Gasteiger partial charge on any atom is -0.314 e. The van der Waals surface area contributed by atoms with E-state index in [1.54, 1.807) is 24.7 Å². The van der Waals surface area contributed by atoms with Crippen LogP contribution in [0.25, 0.3) is 16.3 Å². The zero-order valence-electron chi connectivity index (χ0n) is 12.6. The number of thiazole rings is 1. The van der Waals surface area contributed by atoms with Crippen LogP contribution in [0.5, 0.6) is 0 Å². The molecule has 0 aliphatic heterocycles. The standard InChI is InChI=1S/C18H13N5S/c1-2-7-14(8-3-1)16-17(23-11-4-5-12-23)24-18(22-16)21-13-15-19-9-6-10-20-15/h1-13H. The minimum absolute atomic E-state index is 0.566. The SMILES string of the molecule is C(=Nc1nc(-c2ccccc2)c(-n2cccc2)s1)c1ncccn1. The van der Waals surface area contributed by atoms with Crippen molar-refractivity contribution in [1.82, 2.24) is 19.5 Å². The zero-order chi connectivity index (χ0) is 16.2. The number of nitrogens with zero attached hydrogens (tertiary/aromatic N) is 5. The number of rotatable bonds is 4. The van der Waals surface area contributed by atoms with Gasteiger partial charge in [0, 0.05) is 30.4 Å². The molecule has 6 heteroatoms. The lowest BCUT2D eigenvalue weighted by atomic mass is 10.2. The van der Waals surface area contributed by atoms with E-state index in [4.69, 9.17) is 4.98 Å². The summed E-state index contributed by atoms with van der Waals surface area (Å²) in [4.78, 5) is 17.4. The highest BCUT2D eigenvalue weighted by atomic mass is 32.1. The van der Waals surface area contributed by atoms with Gasteiger partial charge in [0.15, 0.2) is 5.82 Å². The van der Waals surface area contributed by atoms with Crippen molar-refractivity contribution in [2.24, 2.45) is 4.99 Å². The van der Waals surface area contributed by atoms with Gasteiger partial charge in [0.1, 0.15) is 10.7 Å². The summed E-state index contributed by atoms with van der Waals surface area (Å²) >= 11 is 1.53. The molecule has 0 bridgehead atoms. The number of hydrogen-bond donors (Lipinski definition) is 0. The predicted octanol–water partition coefficient (Wildman–Crippen LogP) is 4.14. The summed E-state index contributed by atoms with van der Waals surface area (Å²) in [7, 11) is 0. The molecule has 0 radical (unpaired) electrons. The van der Waals surface area contributed by atoms with E-state index >= 15 is 0 Å². The van der Waals surface area contributed by atoms with Crippen LogP contribution in [0.1, 0.15) is 5.82 Å². The molecule has 0 fully saturated rings. The van der Waals surface area contributed by atoms with Gasteiger partial charge in [-0.3, -0.25) is 0 Å². The normalized spacial score (nSPS) is 11.2. The van der Waals surface area contributed by atoms with E-state index < -0.39 is 0 Å². The van der Waals surface area contributed by atoms with Crippen LogP contribution >= 0.6 is 11.3 Å². The Labute approximate surface area is 143 Å². The molecule has 1 aromatic carbocycles. The van der Waals surface area contributed by atoms with Gasteiger partial charge in [-0.25, -0.2) is 19.9 Å². The number of aliphatic imine (C=N–C) groups is 1. The molecule has 5 nitrogen and oxygen atoms in total. The van der Waals surface area contributed by atoms with Gasteiger partial charge >= 0.3 is 0 Å². The van der Waals surface area contributed by atoms with E-state index in [1.807, 2.05) is 42.7 Å². The highest BCUT2D eigenvalue weighted by molar-refractivity contribution is 7.18. The Bertz CT molecular complexity index is 944. The molecule has 0 saturated carbocycles. The summed E-state index contributed by atoms with van der Waals surface area (Å²) in [6, 6.07) is 15.9. The Kier molecular flexibility index (Phi) is 3.95. The fourth-order valence-corrected chi connectivity index (χ4v) is 3.18. The van der Waals surface area contributed by atoms with E-state index in [-0.39, 0.29) is 0 Å². The van der Waals surface area contributed by atoms with Crippen LogP contribution in [0.3, 0.4) is 0 Å². The van der Waals surface area contributed by atoms with Gasteiger partial charge in [-0.05, 0) is 18.2 Å². The van der Waals surface area contributed by atoms with Crippen molar-refractivity contribution in [2.75, 3.05) is 0 Å². The van der Waals surface area contributed by atoms with Crippen molar-refractivity contribution in [3.05, 3.63) is 79.1 Å². The smallest absolute Gasteiger partial charge is 0.211 e. The fourth-order valence-electron chi connectivity index (χ4n) is 2.28. The quantitative estimate of drug-likeness (QED) is 0.528. The molecule has 0 atom stereocenters. The zero-order valence-corrected chi connectivity index (χ0v) is 13.5. The van der Waals surface area contributed by atoms with Gasteiger partial charge in [0.2, 0.25) is 5.13 Å². The van der Waals surface area contributed by atoms with Crippen LogP contribution in [-0.4, -0.2) is 25.7 Å². The second-order valence-corrected chi connectivity index (χ2v) is 5.93. The number of benzene rings is 1. The summed E-state index contributed by atoms with van der Waals surface area (Å²) in [5.74, 6) is 0.566. The maximum Gasteiger partial charge on any atom is 0.211 e. The minimum atomic E-state index is 0.566. The van der Waals surface area contributed by atoms with Gasteiger partial charge in [-0.1, -0.05) is 41.7 Å². The molecule has 0 saturated heterocycles. The summed E-state index contributed by atoms with van der Waals surface area (Å²) in [5, 5.41) is 1.71. The molecule has 0 aliphatic carbocycles. The molecule has 0 amide bonds. The third-order valence-corrected chi connectivity index (χ3v) is 4.34. The Hall–Kier alpha value is -3.12. The highest BCUT2D eigenvalue weighted by Crippen LogP contribution is 2.35. The molecule has 116 valence electrons. The molecule has 0 unspecified atom stereocenters. The molecule has 3 heterocycles. The van der Waals surface area contributed by atoms with E-state index in [2.05, 4.69) is 31.7 Å². The van der Waals surface area contributed by atoms with E-state index in [0.717, 1.165) is 16.3 Å². The van der Waals surface area contributed by atoms with Gasteiger partial charge in [-0.15, -0.1) is 0 Å². The van der Waals surface area contributed by atoms with Crippen molar-refractivity contribution >= 4 is 22.7 Å². The van der Waals surface area contributed by atoms with Gasteiger partial charge in [0.25, 0.3) is 0 Å². The molecule has 0 aliphatic rings. The third-order valence-electron chi connectivity index (χ3n) is 3.36. The van der Waals surface area contributed by atoms with Crippen molar-refractivity contribution in [3.63, 3.8) is 0 Å². The summed E-state index contributed by atoms with van der Waals surface area (Å²) in [6.07, 6.45) is 9.03. The van der Waals surface area contributed by atoms with Crippen LogP contribution in [-0.2, 0) is 0 Å². The van der Waals surface area contributed by atoms with Crippen LogP contribution < -0.4 is 0 Å². The highest BCUT2D eigenvalue weighted by Gasteiger charge is 2.13. The molecular formula is C18H13N5S. The average Bonchev–Trinajstić information content (AvgIpc) is 3.31. The Morgan fingerprint density at radius 3 is 2.42 bits per heavy atom. The second kappa shape index (κ2) is 6.55. The van der Waals surface area contributed by atoms with Crippen molar-refractivity contribution in [1.29, 1.82) is 0 Å². The predicted molar refractivity (Wildman–Crippen MR) is 96.2 cm³/mol. The molecule has 4 rings (SSSR count). The lowest BCUT2D eigenvalue weighted by Gasteiger charge is -2.02. The average molecular weight is 331 g/mol. The molecule has 4 aromatic rings. The maximum atomic E-state index is 4.70. The van der Waals surface area contributed by atoms with E-state index in [9.17, 15) is 0 Å². The summed E-state index contributed by atoms with van der Waals surface area (Å²) in [5.41, 5.74) is 1.98. The monoisotopic (exact) mass is 331 g/mol. The van der Waals surface area contributed by atoms with Crippen molar-refractivity contribution < 1.29 is 0 Å². The number of hydrogen-bond acceptors (Lipinski definition) is 5. The first-order valence-electron chi connectivity index (χ1n) is 7.41. The van der Waals surface area contributed by atoms with Crippen LogP contribution in [0.4, 0.5) is 5.13 Å². The number of aromatic nitrogens is 4. The first-order chi connectivity index (χ1) is 11.9. The third kappa shape index (κ3) is 3.00. The topological polar surface area (TPSA) is 56.0 Å². The van der Waals surface area contributed by atoms with Crippen LogP contribution in [0, 0.1) is 0 Å². The second-order valence-electron chi connectivity index (χ2n) is 4.97. The van der Waals surface area contributed by atoms with Crippen LogP contribution in [0.2, 0.25) is 0 Å². The lowest BCUT2D eigenvalue weighted by Crippen LogP contribution is -1.89. The van der Waals surface area contributed by atoms with Gasteiger partial charge in [0.05, 0.1) is 6.21 Å². The molecule has 0 spiro atoms. The summed E-state index contributed by atoms with van der Waals surface area (Å²) in [6.45, 7) is 0. The molecular weight excluding hydrogens is 318 g/mol. The largest absolute Gasteiger partial charge is 0.314 e. The van der Waals surface area contributed by atoms with E-state index in [1.165, 1.54) is 11.3 Å². The van der Waals surface area contributed by atoms with Gasteiger partial charge in [-0.2, -0.15) is 0 Å². The first kappa shape index (κ1) is 14.5. The molecule has 3 aromatic heterocycles. The summed E-state index contributed by atoms with van der Waals surface area (Å²) < 4.78 is 2.05.